The van der Waals surface area contributed by atoms with Crippen LogP contribution in [-0.2, 0) is 4.79 Å². The zero-order chi connectivity index (χ0) is 21.1. The number of hydrogen-bond donors (Lipinski definition) is 0. The van der Waals surface area contributed by atoms with Crippen molar-refractivity contribution in [3.63, 3.8) is 0 Å². The summed E-state index contributed by atoms with van der Waals surface area (Å²) in [7, 11) is 1.65. The molecule has 30 heavy (non-hydrogen) atoms. The normalized spacial score (nSPS) is 19.7. The maximum Gasteiger partial charge on any atom is 0.254 e. The van der Waals surface area contributed by atoms with Crippen molar-refractivity contribution in [1.82, 2.24) is 4.90 Å². The predicted octanol–water partition coefficient (Wildman–Crippen LogP) is 5.23. The van der Waals surface area contributed by atoms with Crippen LogP contribution < -0.4 is 9.64 Å². The van der Waals surface area contributed by atoms with E-state index in [1.807, 2.05) is 29.2 Å². The molecule has 0 saturated carbocycles. The third-order valence-corrected chi connectivity index (χ3v) is 6.39. The van der Waals surface area contributed by atoms with Crippen LogP contribution in [0.5, 0.6) is 5.75 Å². The molecule has 5 nitrogen and oxygen atoms in total. The molecule has 0 unspecified atom stereocenters. The van der Waals surface area contributed by atoms with Gasteiger partial charge in [0.1, 0.15) is 5.75 Å². The van der Waals surface area contributed by atoms with E-state index in [0.717, 1.165) is 50.0 Å². The number of likely N-dealkylation sites (tertiary alicyclic amines) is 1. The fourth-order valence-electron chi connectivity index (χ4n) is 4.45. The third-order valence-electron chi connectivity index (χ3n) is 6.07. The zero-order valence-electron chi connectivity index (χ0n) is 17.3. The summed E-state index contributed by atoms with van der Waals surface area (Å²) >= 11 is 6.38. The van der Waals surface area contributed by atoms with Gasteiger partial charge in [-0.2, -0.15) is 0 Å². The molecule has 0 aliphatic carbocycles. The van der Waals surface area contributed by atoms with Crippen molar-refractivity contribution >= 4 is 29.1 Å². The van der Waals surface area contributed by atoms with Crippen molar-refractivity contribution in [2.24, 2.45) is 0 Å². The molecule has 0 radical (unpaired) electrons. The smallest absolute Gasteiger partial charge is 0.254 e. The quantitative estimate of drug-likeness (QED) is 0.672. The van der Waals surface area contributed by atoms with Crippen molar-refractivity contribution in [1.29, 1.82) is 0 Å². The second kappa shape index (κ2) is 9.09. The Morgan fingerprint density at radius 1 is 1.03 bits per heavy atom. The van der Waals surface area contributed by atoms with E-state index in [-0.39, 0.29) is 17.9 Å². The van der Waals surface area contributed by atoms with E-state index in [2.05, 4.69) is 0 Å². The molecule has 158 valence electrons. The number of ether oxygens (including phenoxy) is 1. The second-order valence-corrected chi connectivity index (χ2v) is 8.36. The van der Waals surface area contributed by atoms with Gasteiger partial charge < -0.3 is 14.5 Å². The van der Waals surface area contributed by atoms with Crippen molar-refractivity contribution in [3.05, 3.63) is 58.6 Å². The summed E-state index contributed by atoms with van der Waals surface area (Å²) < 4.78 is 5.28. The lowest BCUT2D eigenvalue weighted by molar-refractivity contribution is -0.117. The van der Waals surface area contributed by atoms with Crippen LogP contribution in [0.15, 0.2) is 42.5 Å². The molecular formula is C24H27ClN2O3. The summed E-state index contributed by atoms with van der Waals surface area (Å²) in [4.78, 5) is 29.5. The lowest BCUT2D eigenvalue weighted by atomic mass is 9.99. The highest BCUT2D eigenvalue weighted by atomic mass is 35.5. The van der Waals surface area contributed by atoms with Gasteiger partial charge in [-0.15, -0.1) is 0 Å². The van der Waals surface area contributed by atoms with Gasteiger partial charge in [-0.05, 0) is 55.2 Å². The highest BCUT2D eigenvalue weighted by molar-refractivity contribution is 6.34. The molecule has 2 fully saturated rings. The molecule has 2 aliphatic rings. The van der Waals surface area contributed by atoms with Gasteiger partial charge in [-0.3, -0.25) is 9.59 Å². The maximum atomic E-state index is 13.6. The molecule has 0 spiro atoms. The first-order valence-electron chi connectivity index (χ1n) is 10.6. The Kier molecular flexibility index (Phi) is 6.28. The highest BCUT2D eigenvalue weighted by Crippen LogP contribution is 2.35. The maximum absolute atomic E-state index is 13.6. The Bertz CT molecular complexity index is 929. The average molecular weight is 427 g/mol. The van der Waals surface area contributed by atoms with Crippen molar-refractivity contribution in [3.8, 4) is 5.75 Å². The van der Waals surface area contributed by atoms with Crippen LogP contribution in [-0.4, -0.2) is 36.9 Å². The average Bonchev–Trinajstić information content (AvgIpc) is 3.05. The van der Waals surface area contributed by atoms with E-state index in [0.29, 0.717) is 29.2 Å². The number of rotatable bonds is 4. The van der Waals surface area contributed by atoms with E-state index in [9.17, 15) is 9.59 Å². The minimum atomic E-state index is -0.0118. The summed E-state index contributed by atoms with van der Waals surface area (Å²) in [6.45, 7) is 1.37. The SMILES string of the molecule is COc1ccc([C@H]2CCCCCN2C(=O)c2ccc(Cl)c(N3CCCC3=O)c2)cc1. The lowest BCUT2D eigenvalue weighted by Gasteiger charge is -2.31. The Labute approximate surface area is 182 Å². The van der Waals surface area contributed by atoms with Gasteiger partial charge in [0, 0.05) is 25.1 Å². The largest absolute Gasteiger partial charge is 0.497 e. The summed E-state index contributed by atoms with van der Waals surface area (Å²) in [5.74, 6) is 0.859. The van der Waals surface area contributed by atoms with Crippen molar-refractivity contribution < 1.29 is 14.3 Å². The Hall–Kier alpha value is -2.53. The third kappa shape index (κ3) is 4.17. The number of carbonyl (C=O) groups is 2. The molecule has 6 heteroatoms. The van der Waals surface area contributed by atoms with Gasteiger partial charge in [0.15, 0.2) is 0 Å². The van der Waals surface area contributed by atoms with Gasteiger partial charge in [-0.1, -0.05) is 36.6 Å². The van der Waals surface area contributed by atoms with Crippen LogP contribution in [0.25, 0.3) is 0 Å². The zero-order valence-corrected chi connectivity index (χ0v) is 18.0. The van der Waals surface area contributed by atoms with Crippen molar-refractivity contribution in [2.75, 3.05) is 25.1 Å². The monoisotopic (exact) mass is 426 g/mol. The molecular weight excluding hydrogens is 400 g/mol. The molecule has 2 aliphatic heterocycles. The fourth-order valence-corrected chi connectivity index (χ4v) is 4.66. The first-order chi connectivity index (χ1) is 14.6. The van der Waals surface area contributed by atoms with Crippen LogP contribution in [0.1, 0.15) is 60.5 Å². The molecule has 0 N–H and O–H groups in total. The van der Waals surface area contributed by atoms with Crippen LogP contribution in [0.2, 0.25) is 5.02 Å². The Morgan fingerprint density at radius 2 is 1.83 bits per heavy atom. The topological polar surface area (TPSA) is 49.9 Å². The number of amides is 2. The molecule has 2 saturated heterocycles. The highest BCUT2D eigenvalue weighted by Gasteiger charge is 2.29. The van der Waals surface area contributed by atoms with Gasteiger partial charge in [0.05, 0.1) is 23.9 Å². The van der Waals surface area contributed by atoms with Crippen LogP contribution in [0, 0.1) is 0 Å². The first-order valence-corrected chi connectivity index (χ1v) is 11.0. The van der Waals surface area contributed by atoms with E-state index in [4.69, 9.17) is 16.3 Å². The number of anilines is 1. The molecule has 4 rings (SSSR count). The summed E-state index contributed by atoms with van der Waals surface area (Å²) in [6, 6.07) is 13.3. The van der Waals surface area contributed by atoms with Crippen LogP contribution in [0.3, 0.4) is 0 Å². The molecule has 0 aromatic heterocycles. The molecule has 2 aromatic rings. The minimum absolute atomic E-state index is 0.0118. The van der Waals surface area contributed by atoms with Gasteiger partial charge in [-0.25, -0.2) is 0 Å². The number of methoxy groups -OCH3 is 1. The Balaban J connectivity index is 1.64. The molecule has 1 atom stereocenters. The van der Waals surface area contributed by atoms with Gasteiger partial charge in [0.25, 0.3) is 5.91 Å². The van der Waals surface area contributed by atoms with Crippen molar-refractivity contribution in [2.45, 2.75) is 44.6 Å². The summed E-state index contributed by atoms with van der Waals surface area (Å²) in [6.07, 6.45) is 5.48. The summed E-state index contributed by atoms with van der Waals surface area (Å²) in [5, 5.41) is 0.504. The first kappa shape index (κ1) is 20.7. The molecule has 2 heterocycles. The number of halogens is 1. The van der Waals surface area contributed by atoms with Gasteiger partial charge in [0.2, 0.25) is 5.91 Å². The van der Waals surface area contributed by atoms with Crippen LogP contribution in [0.4, 0.5) is 5.69 Å². The van der Waals surface area contributed by atoms with E-state index in [1.165, 1.54) is 0 Å². The number of carbonyl (C=O) groups excluding carboxylic acids is 2. The summed E-state index contributed by atoms with van der Waals surface area (Å²) in [5.41, 5.74) is 2.34. The lowest BCUT2D eigenvalue weighted by Crippen LogP contribution is -2.35. The second-order valence-electron chi connectivity index (χ2n) is 7.95. The Morgan fingerprint density at radius 3 is 2.53 bits per heavy atom. The number of benzene rings is 2. The molecule has 2 aromatic carbocycles. The van der Waals surface area contributed by atoms with E-state index < -0.39 is 0 Å². The van der Waals surface area contributed by atoms with Crippen LogP contribution >= 0.6 is 11.6 Å². The number of hydrogen-bond acceptors (Lipinski definition) is 3. The van der Waals surface area contributed by atoms with E-state index >= 15 is 0 Å². The minimum Gasteiger partial charge on any atom is -0.497 e. The molecule has 0 bridgehead atoms. The number of nitrogens with zero attached hydrogens (tertiary/aromatic N) is 2. The molecule has 2 amide bonds. The standard InChI is InChI=1S/C24H27ClN2O3/c1-30-19-11-8-17(9-12-19)21-6-3-2-4-14-27(21)24(29)18-10-13-20(25)22(16-18)26-15-5-7-23(26)28/h8-13,16,21H,2-7,14-15H2,1H3/t21-/m1/s1. The fraction of sp³-hybridized carbons (Fsp3) is 0.417. The van der Waals surface area contributed by atoms with Gasteiger partial charge >= 0.3 is 0 Å². The predicted molar refractivity (Wildman–Crippen MR) is 118 cm³/mol. The van der Waals surface area contributed by atoms with E-state index in [1.54, 1.807) is 30.2 Å².